The van der Waals surface area contributed by atoms with Gasteiger partial charge in [0.1, 0.15) is 17.1 Å². The second kappa shape index (κ2) is 7.23. The molecule has 1 amide bonds. The highest BCUT2D eigenvalue weighted by atomic mass is 16.5. The molecule has 1 fully saturated rings. The van der Waals surface area contributed by atoms with Crippen molar-refractivity contribution in [3.05, 3.63) is 35.9 Å². The number of hydrogen-bond donors (Lipinski definition) is 2. The van der Waals surface area contributed by atoms with E-state index in [2.05, 4.69) is 13.8 Å². The first-order valence-electron chi connectivity index (χ1n) is 8.75. The SMILES string of the molecule is C[C@H]1C[C@H](C)CN(C(=O)COC(=O)c2cc(O)c3ccccc3c2O)C1. The number of amides is 1. The molecule has 1 aliphatic heterocycles. The third kappa shape index (κ3) is 3.59. The number of likely N-dealkylation sites (tertiary alicyclic amines) is 1. The summed E-state index contributed by atoms with van der Waals surface area (Å²) in [5, 5.41) is 21.2. The molecule has 0 radical (unpaired) electrons. The number of hydrogen-bond acceptors (Lipinski definition) is 5. The zero-order valence-electron chi connectivity index (χ0n) is 14.9. The molecule has 2 aromatic rings. The minimum atomic E-state index is -0.838. The highest BCUT2D eigenvalue weighted by molar-refractivity contribution is 6.04. The molecule has 2 atom stereocenters. The highest BCUT2D eigenvalue weighted by Gasteiger charge is 2.26. The molecule has 2 N–H and O–H groups in total. The van der Waals surface area contributed by atoms with Gasteiger partial charge in [0.25, 0.3) is 5.91 Å². The first-order chi connectivity index (χ1) is 12.4. The third-order valence-corrected chi connectivity index (χ3v) is 4.76. The zero-order valence-corrected chi connectivity index (χ0v) is 14.9. The van der Waals surface area contributed by atoms with E-state index >= 15 is 0 Å². The average Bonchev–Trinajstić information content (AvgIpc) is 2.61. The van der Waals surface area contributed by atoms with Crippen LogP contribution in [0.15, 0.2) is 30.3 Å². The minimum Gasteiger partial charge on any atom is -0.507 e. The van der Waals surface area contributed by atoms with Gasteiger partial charge in [-0.25, -0.2) is 4.79 Å². The summed E-state index contributed by atoms with van der Waals surface area (Å²) in [4.78, 5) is 26.4. The van der Waals surface area contributed by atoms with E-state index in [-0.39, 0.29) is 29.6 Å². The van der Waals surface area contributed by atoms with E-state index in [1.165, 1.54) is 0 Å². The van der Waals surface area contributed by atoms with Crippen LogP contribution in [-0.2, 0) is 9.53 Å². The molecule has 0 saturated carbocycles. The molecule has 0 unspecified atom stereocenters. The summed E-state index contributed by atoms with van der Waals surface area (Å²) in [5.74, 6) is -0.651. The van der Waals surface area contributed by atoms with Gasteiger partial charge in [0.05, 0.1) is 0 Å². The molecule has 1 heterocycles. The number of fused-ring (bicyclic) bond motifs is 1. The van der Waals surface area contributed by atoms with Gasteiger partial charge in [-0.2, -0.15) is 0 Å². The average molecular weight is 357 g/mol. The molecule has 0 aromatic heterocycles. The first kappa shape index (κ1) is 18.0. The second-order valence-electron chi connectivity index (χ2n) is 7.16. The highest BCUT2D eigenvalue weighted by Crippen LogP contribution is 2.35. The number of carbonyl (C=O) groups is 2. The molecule has 6 nitrogen and oxygen atoms in total. The van der Waals surface area contributed by atoms with Crippen LogP contribution in [0.2, 0.25) is 0 Å². The molecule has 3 rings (SSSR count). The van der Waals surface area contributed by atoms with Gasteiger partial charge in [0.15, 0.2) is 6.61 Å². The number of benzene rings is 2. The van der Waals surface area contributed by atoms with Crippen molar-refractivity contribution < 1.29 is 24.5 Å². The van der Waals surface area contributed by atoms with E-state index in [1.54, 1.807) is 29.2 Å². The summed E-state index contributed by atoms with van der Waals surface area (Å²) in [6.45, 7) is 5.12. The van der Waals surface area contributed by atoms with E-state index in [9.17, 15) is 19.8 Å². The molecule has 138 valence electrons. The lowest BCUT2D eigenvalue weighted by Crippen LogP contribution is -2.44. The van der Waals surface area contributed by atoms with Crippen molar-refractivity contribution in [2.75, 3.05) is 19.7 Å². The van der Waals surface area contributed by atoms with Crippen LogP contribution in [0.5, 0.6) is 11.5 Å². The topological polar surface area (TPSA) is 87.1 Å². The summed E-state index contributed by atoms with van der Waals surface area (Å²) in [5.41, 5.74) is -0.158. The van der Waals surface area contributed by atoms with Gasteiger partial charge in [-0.05, 0) is 24.3 Å². The van der Waals surface area contributed by atoms with Crippen LogP contribution in [0.3, 0.4) is 0 Å². The Bertz CT molecular complexity index is 837. The molecule has 0 spiro atoms. The van der Waals surface area contributed by atoms with Gasteiger partial charge in [0.2, 0.25) is 0 Å². The summed E-state index contributed by atoms with van der Waals surface area (Å²) < 4.78 is 5.10. The Morgan fingerprint density at radius 2 is 1.73 bits per heavy atom. The van der Waals surface area contributed by atoms with E-state index < -0.39 is 5.97 Å². The lowest BCUT2D eigenvalue weighted by molar-refractivity contribution is -0.137. The van der Waals surface area contributed by atoms with Crippen molar-refractivity contribution >= 4 is 22.6 Å². The van der Waals surface area contributed by atoms with Crippen molar-refractivity contribution in [2.24, 2.45) is 11.8 Å². The van der Waals surface area contributed by atoms with Gasteiger partial charge in [-0.15, -0.1) is 0 Å². The van der Waals surface area contributed by atoms with Crippen LogP contribution in [0.25, 0.3) is 10.8 Å². The normalized spacial score (nSPS) is 20.2. The monoisotopic (exact) mass is 357 g/mol. The van der Waals surface area contributed by atoms with Crippen molar-refractivity contribution in [2.45, 2.75) is 20.3 Å². The van der Waals surface area contributed by atoms with Crippen molar-refractivity contribution in [1.82, 2.24) is 4.90 Å². The predicted octanol–water partition coefficient (Wildman–Crippen LogP) is 2.91. The molecule has 2 aromatic carbocycles. The molecular formula is C20H23NO5. The van der Waals surface area contributed by atoms with Crippen LogP contribution >= 0.6 is 0 Å². The van der Waals surface area contributed by atoms with Gasteiger partial charge < -0.3 is 19.8 Å². The van der Waals surface area contributed by atoms with E-state index in [4.69, 9.17) is 4.74 Å². The standard InChI is InChI=1S/C20H23NO5/c1-12-7-13(2)10-21(9-12)18(23)11-26-20(25)16-8-17(22)14-5-3-4-6-15(14)19(16)24/h3-6,8,12-13,22,24H,7,9-11H2,1-2H3/t12-,13-/m0/s1. The summed E-state index contributed by atoms with van der Waals surface area (Å²) in [7, 11) is 0. The lowest BCUT2D eigenvalue weighted by atomic mass is 9.92. The number of carbonyl (C=O) groups excluding carboxylic acids is 2. The number of piperidine rings is 1. The molecular weight excluding hydrogens is 334 g/mol. The van der Waals surface area contributed by atoms with Crippen LogP contribution in [0, 0.1) is 11.8 Å². The first-order valence-corrected chi connectivity index (χ1v) is 8.75. The fraction of sp³-hybridized carbons (Fsp3) is 0.400. The number of ether oxygens (including phenoxy) is 1. The van der Waals surface area contributed by atoms with Crippen molar-refractivity contribution in [1.29, 1.82) is 0 Å². The Kier molecular flexibility index (Phi) is 5.02. The Labute approximate surface area is 152 Å². The number of phenolic OH excluding ortho intramolecular Hbond substituents is 2. The van der Waals surface area contributed by atoms with E-state index in [0.29, 0.717) is 35.7 Å². The predicted molar refractivity (Wildman–Crippen MR) is 97.1 cm³/mol. The summed E-state index contributed by atoms with van der Waals surface area (Å²) >= 11 is 0. The van der Waals surface area contributed by atoms with Gasteiger partial charge in [0, 0.05) is 23.9 Å². The Morgan fingerprint density at radius 3 is 2.38 bits per heavy atom. The third-order valence-electron chi connectivity index (χ3n) is 4.76. The van der Waals surface area contributed by atoms with Gasteiger partial charge >= 0.3 is 5.97 Å². The number of aromatic hydroxyl groups is 2. The number of nitrogens with zero attached hydrogens (tertiary/aromatic N) is 1. The molecule has 26 heavy (non-hydrogen) atoms. The molecule has 0 aliphatic carbocycles. The van der Waals surface area contributed by atoms with Crippen LogP contribution in [0.1, 0.15) is 30.6 Å². The Morgan fingerprint density at radius 1 is 1.12 bits per heavy atom. The maximum Gasteiger partial charge on any atom is 0.342 e. The van der Waals surface area contributed by atoms with Gasteiger partial charge in [-0.3, -0.25) is 4.79 Å². The Hall–Kier alpha value is -2.76. The van der Waals surface area contributed by atoms with E-state index in [0.717, 1.165) is 12.5 Å². The van der Waals surface area contributed by atoms with Crippen LogP contribution in [0.4, 0.5) is 0 Å². The summed E-state index contributed by atoms with van der Waals surface area (Å²) in [6.07, 6.45) is 1.08. The number of rotatable bonds is 3. The maximum atomic E-state index is 12.3. The second-order valence-corrected chi connectivity index (χ2v) is 7.16. The smallest absolute Gasteiger partial charge is 0.342 e. The lowest BCUT2D eigenvalue weighted by Gasteiger charge is -2.34. The number of esters is 1. The van der Waals surface area contributed by atoms with Crippen molar-refractivity contribution in [3.8, 4) is 11.5 Å². The van der Waals surface area contributed by atoms with Crippen molar-refractivity contribution in [3.63, 3.8) is 0 Å². The number of phenols is 2. The quantitative estimate of drug-likeness (QED) is 0.651. The van der Waals surface area contributed by atoms with E-state index in [1.807, 2.05) is 0 Å². The molecule has 1 saturated heterocycles. The zero-order chi connectivity index (χ0) is 18.8. The largest absolute Gasteiger partial charge is 0.507 e. The fourth-order valence-electron chi connectivity index (χ4n) is 3.66. The van der Waals surface area contributed by atoms with Gasteiger partial charge in [-0.1, -0.05) is 38.1 Å². The summed E-state index contributed by atoms with van der Waals surface area (Å²) in [6, 6.07) is 7.82. The van der Waals surface area contributed by atoms with Crippen LogP contribution in [-0.4, -0.2) is 46.7 Å². The fourth-order valence-corrected chi connectivity index (χ4v) is 3.66. The maximum absolute atomic E-state index is 12.3. The molecule has 0 bridgehead atoms. The molecule has 1 aliphatic rings. The molecule has 6 heteroatoms. The Balaban J connectivity index is 1.71. The minimum absolute atomic E-state index is 0.129. The van der Waals surface area contributed by atoms with Crippen LogP contribution < -0.4 is 0 Å².